The molecular formula is C11H14N4O2. The van der Waals surface area contributed by atoms with E-state index in [0.717, 1.165) is 12.2 Å². The molecule has 6 heteroatoms. The Balaban J connectivity index is 1.81. The molecule has 2 rings (SSSR count). The highest BCUT2D eigenvalue weighted by Gasteiger charge is 2.01. The van der Waals surface area contributed by atoms with Crippen molar-refractivity contribution in [3.8, 4) is 5.75 Å². The summed E-state index contributed by atoms with van der Waals surface area (Å²) in [4.78, 5) is 0. The second-order valence-corrected chi connectivity index (χ2v) is 3.47. The number of nitrogens with one attached hydrogen (secondary N) is 1. The van der Waals surface area contributed by atoms with Crippen molar-refractivity contribution < 1.29 is 9.15 Å². The van der Waals surface area contributed by atoms with Crippen LogP contribution in [-0.4, -0.2) is 23.9 Å². The zero-order chi connectivity index (χ0) is 12.1. The third-order valence-electron chi connectivity index (χ3n) is 2.29. The fraction of sp³-hybridized carbons (Fsp3) is 0.273. The second-order valence-electron chi connectivity index (χ2n) is 3.47. The number of ether oxygens (including phenoxy) is 1. The molecule has 1 aromatic carbocycles. The van der Waals surface area contributed by atoms with E-state index >= 15 is 0 Å². The first-order valence-corrected chi connectivity index (χ1v) is 5.23. The summed E-state index contributed by atoms with van der Waals surface area (Å²) in [6.07, 6.45) is 0.853. The predicted molar refractivity (Wildman–Crippen MR) is 63.9 cm³/mol. The van der Waals surface area contributed by atoms with Gasteiger partial charge in [0, 0.05) is 6.54 Å². The van der Waals surface area contributed by atoms with Crippen LogP contribution in [0.25, 0.3) is 0 Å². The number of methoxy groups -OCH3 is 1. The van der Waals surface area contributed by atoms with Crippen LogP contribution >= 0.6 is 0 Å². The van der Waals surface area contributed by atoms with Crippen LogP contribution in [0, 0.1) is 0 Å². The molecule has 0 radical (unpaired) electrons. The molecule has 0 saturated carbocycles. The van der Waals surface area contributed by atoms with Crippen molar-refractivity contribution in [2.75, 3.05) is 24.7 Å². The summed E-state index contributed by atoms with van der Waals surface area (Å²) in [6, 6.07) is 8.30. The molecule has 0 aliphatic heterocycles. The Kier molecular flexibility index (Phi) is 3.44. The second kappa shape index (κ2) is 5.20. The predicted octanol–water partition coefficient (Wildman–Crippen LogP) is 1.31. The van der Waals surface area contributed by atoms with E-state index in [1.54, 1.807) is 7.11 Å². The third kappa shape index (κ3) is 3.10. The van der Waals surface area contributed by atoms with Gasteiger partial charge in [-0.25, -0.2) is 0 Å². The zero-order valence-corrected chi connectivity index (χ0v) is 9.51. The van der Waals surface area contributed by atoms with Crippen molar-refractivity contribution in [3.05, 3.63) is 29.8 Å². The van der Waals surface area contributed by atoms with Crippen molar-refractivity contribution in [3.63, 3.8) is 0 Å². The van der Waals surface area contributed by atoms with Gasteiger partial charge in [0.05, 0.1) is 7.11 Å². The van der Waals surface area contributed by atoms with E-state index in [9.17, 15) is 0 Å². The van der Waals surface area contributed by atoms with Crippen molar-refractivity contribution >= 4 is 12.0 Å². The van der Waals surface area contributed by atoms with Crippen LogP contribution in [0.3, 0.4) is 0 Å². The van der Waals surface area contributed by atoms with Gasteiger partial charge in [-0.1, -0.05) is 22.3 Å². The van der Waals surface area contributed by atoms with Crippen LogP contribution in [0.4, 0.5) is 12.0 Å². The van der Waals surface area contributed by atoms with Crippen LogP contribution in [0.15, 0.2) is 28.7 Å². The highest BCUT2D eigenvalue weighted by molar-refractivity contribution is 5.28. The van der Waals surface area contributed by atoms with Crippen LogP contribution in [0.1, 0.15) is 5.56 Å². The van der Waals surface area contributed by atoms with Gasteiger partial charge < -0.3 is 20.2 Å². The smallest absolute Gasteiger partial charge is 0.316 e. The van der Waals surface area contributed by atoms with E-state index in [0.29, 0.717) is 12.6 Å². The number of nitrogens with zero attached hydrogens (tertiary/aromatic N) is 2. The largest absolute Gasteiger partial charge is 0.497 e. The molecule has 17 heavy (non-hydrogen) atoms. The molecule has 0 saturated heterocycles. The van der Waals surface area contributed by atoms with Gasteiger partial charge in [-0.15, -0.1) is 0 Å². The highest BCUT2D eigenvalue weighted by atomic mass is 16.5. The van der Waals surface area contributed by atoms with E-state index < -0.39 is 0 Å². The van der Waals surface area contributed by atoms with Crippen LogP contribution in [0.5, 0.6) is 5.75 Å². The molecule has 90 valence electrons. The highest BCUT2D eigenvalue weighted by Crippen LogP contribution is 2.12. The standard InChI is InChI=1S/C11H14N4O2/c1-16-9-4-2-8(3-5-9)6-7-13-11-15-14-10(12)17-11/h2-5H,6-7H2,1H3,(H2,12,14)(H,13,15). The van der Waals surface area contributed by atoms with Gasteiger partial charge in [0.2, 0.25) is 0 Å². The molecule has 0 unspecified atom stereocenters. The summed E-state index contributed by atoms with van der Waals surface area (Å²) >= 11 is 0. The maximum absolute atomic E-state index is 5.30. The topological polar surface area (TPSA) is 86.2 Å². The van der Waals surface area contributed by atoms with Crippen molar-refractivity contribution in [1.29, 1.82) is 0 Å². The minimum Gasteiger partial charge on any atom is -0.497 e. The average Bonchev–Trinajstić information content (AvgIpc) is 2.76. The number of nitrogen functional groups attached to an aromatic ring is 1. The number of rotatable bonds is 5. The molecular weight excluding hydrogens is 220 g/mol. The lowest BCUT2D eigenvalue weighted by Gasteiger charge is -2.03. The minimum atomic E-state index is 0.0666. The van der Waals surface area contributed by atoms with Gasteiger partial charge in [-0.2, -0.15) is 0 Å². The molecule has 0 aliphatic rings. The fourth-order valence-corrected chi connectivity index (χ4v) is 1.41. The number of hydrogen-bond acceptors (Lipinski definition) is 6. The average molecular weight is 234 g/mol. The Bertz CT molecular complexity index is 467. The Labute approximate surface area is 98.8 Å². The lowest BCUT2D eigenvalue weighted by atomic mass is 10.1. The molecule has 1 aromatic heterocycles. The Morgan fingerprint density at radius 2 is 2.06 bits per heavy atom. The normalized spacial score (nSPS) is 10.2. The van der Waals surface area contributed by atoms with Gasteiger partial charge in [0.15, 0.2) is 0 Å². The van der Waals surface area contributed by atoms with Crippen molar-refractivity contribution in [2.45, 2.75) is 6.42 Å². The maximum Gasteiger partial charge on any atom is 0.316 e. The molecule has 0 atom stereocenters. The molecule has 0 fully saturated rings. The SMILES string of the molecule is COc1ccc(CCNc2nnc(N)o2)cc1. The van der Waals surface area contributed by atoms with Gasteiger partial charge in [-0.05, 0) is 24.1 Å². The van der Waals surface area contributed by atoms with Gasteiger partial charge in [-0.3, -0.25) is 0 Å². The Hall–Kier alpha value is -2.24. The Morgan fingerprint density at radius 1 is 1.29 bits per heavy atom. The first-order chi connectivity index (χ1) is 8.28. The van der Waals surface area contributed by atoms with Crippen LogP contribution < -0.4 is 15.8 Å². The van der Waals surface area contributed by atoms with E-state index in [1.807, 2.05) is 24.3 Å². The summed E-state index contributed by atoms with van der Waals surface area (Å²) in [5.74, 6) is 0.853. The molecule has 3 N–H and O–H groups in total. The summed E-state index contributed by atoms with van der Waals surface area (Å²) in [6.45, 7) is 0.702. The number of aromatic nitrogens is 2. The maximum atomic E-state index is 5.30. The molecule has 0 aliphatic carbocycles. The van der Waals surface area contributed by atoms with E-state index in [-0.39, 0.29) is 6.01 Å². The molecule has 0 spiro atoms. The van der Waals surface area contributed by atoms with Crippen LogP contribution in [-0.2, 0) is 6.42 Å². The van der Waals surface area contributed by atoms with Crippen molar-refractivity contribution in [1.82, 2.24) is 10.2 Å². The van der Waals surface area contributed by atoms with Gasteiger partial charge in [0.1, 0.15) is 5.75 Å². The van der Waals surface area contributed by atoms with Gasteiger partial charge in [0.25, 0.3) is 0 Å². The van der Waals surface area contributed by atoms with E-state index in [4.69, 9.17) is 14.9 Å². The lowest BCUT2D eigenvalue weighted by molar-refractivity contribution is 0.414. The van der Waals surface area contributed by atoms with E-state index in [1.165, 1.54) is 5.56 Å². The summed E-state index contributed by atoms with van der Waals surface area (Å²) in [5, 5.41) is 10.2. The molecule has 0 bridgehead atoms. The molecule has 1 heterocycles. The Morgan fingerprint density at radius 3 is 2.65 bits per heavy atom. The first kappa shape index (κ1) is 11.3. The lowest BCUT2D eigenvalue weighted by Crippen LogP contribution is -2.05. The van der Waals surface area contributed by atoms with Crippen molar-refractivity contribution in [2.24, 2.45) is 0 Å². The molecule has 0 amide bonds. The molecule has 6 nitrogen and oxygen atoms in total. The third-order valence-corrected chi connectivity index (χ3v) is 2.29. The summed E-state index contributed by atoms with van der Waals surface area (Å²) in [7, 11) is 1.65. The molecule has 2 aromatic rings. The fourth-order valence-electron chi connectivity index (χ4n) is 1.41. The zero-order valence-electron chi connectivity index (χ0n) is 9.51. The number of nitrogens with two attached hydrogens (primary N) is 1. The number of anilines is 2. The number of benzene rings is 1. The van der Waals surface area contributed by atoms with E-state index in [2.05, 4.69) is 15.5 Å². The quantitative estimate of drug-likeness (QED) is 0.811. The number of hydrogen-bond donors (Lipinski definition) is 2. The minimum absolute atomic E-state index is 0.0666. The first-order valence-electron chi connectivity index (χ1n) is 5.23. The monoisotopic (exact) mass is 234 g/mol. The summed E-state index contributed by atoms with van der Waals surface area (Å²) < 4.78 is 10.1. The summed E-state index contributed by atoms with van der Waals surface area (Å²) in [5.41, 5.74) is 6.50. The van der Waals surface area contributed by atoms with Gasteiger partial charge >= 0.3 is 12.0 Å². The van der Waals surface area contributed by atoms with Crippen LogP contribution in [0.2, 0.25) is 0 Å².